The first-order chi connectivity index (χ1) is 8.42. The maximum absolute atomic E-state index is 12.1. The number of carbonyl (C=O) groups is 2. The zero-order chi connectivity index (χ0) is 13.3. The summed E-state index contributed by atoms with van der Waals surface area (Å²) in [6.07, 6.45) is -0.273. The number of carbonyl (C=O) groups excluding carboxylic acids is 1. The van der Waals surface area contributed by atoms with Crippen LogP contribution in [-0.2, 0) is 14.6 Å². The summed E-state index contributed by atoms with van der Waals surface area (Å²) < 4.78 is 23.9. The average Bonchev–Trinajstić information content (AvgIpc) is 2.40. The summed E-state index contributed by atoms with van der Waals surface area (Å²) in [5.41, 5.74) is 0.112. The molecule has 1 unspecified atom stereocenters. The minimum absolute atomic E-state index is 0.0166. The Kier molecular flexibility index (Phi) is 3.21. The van der Waals surface area contributed by atoms with E-state index in [2.05, 4.69) is 0 Å². The highest BCUT2D eigenvalue weighted by molar-refractivity contribution is 7.91. The number of hydrogen-bond donors (Lipinski definition) is 1. The van der Waals surface area contributed by atoms with E-state index in [0.29, 0.717) is 0 Å². The first kappa shape index (κ1) is 12.8. The van der Waals surface area contributed by atoms with E-state index in [1.54, 1.807) is 12.1 Å². The molecule has 0 fully saturated rings. The molecule has 0 bridgehead atoms. The lowest BCUT2D eigenvalue weighted by Gasteiger charge is -2.09. The number of carboxylic acids is 1. The van der Waals surface area contributed by atoms with Gasteiger partial charge in [-0.05, 0) is 12.5 Å². The molecule has 5 nitrogen and oxygen atoms in total. The molecular weight excluding hydrogens is 256 g/mol. The first-order valence-corrected chi connectivity index (χ1v) is 7.15. The Morgan fingerprint density at radius 2 is 2.00 bits per heavy atom. The molecule has 18 heavy (non-hydrogen) atoms. The maximum Gasteiger partial charge on any atom is 0.304 e. The minimum atomic E-state index is -3.49. The molecule has 1 aromatic carbocycles. The Balaban J connectivity index is 2.51. The van der Waals surface area contributed by atoms with E-state index in [1.807, 2.05) is 0 Å². The summed E-state index contributed by atoms with van der Waals surface area (Å²) >= 11 is 0. The van der Waals surface area contributed by atoms with Gasteiger partial charge in [-0.2, -0.15) is 0 Å². The van der Waals surface area contributed by atoms with Crippen LogP contribution in [0.1, 0.15) is 23.2 Å². The molecule has 2 rings (SSSR count). The fourth-order valence-corrected chi connectivity index (χ4v) is 3.71. The molecule has 0 saturated heterocycles. The van der Waals surface area contributed by atoms with Crippen molar-refractivity contribution >= 4 is 21.6 Å². The van der Waals surface area contributed by atoms with Crippen molar-refractivity contribution in [3.05, 3.63) is 29.8 Å². The van der Waals surface area contributed by atoms with Crippen LogP contribution in [0.3, 0.4) is 0 Å². The van der Waals surface area contributed by atoms with E-state index in [1.165, 1.54) is 12.1 Å². The molecule has 1 aromatic rings. The number of sulfone groups is 1. The number of benzene rings is 1. The van der Waals surface area contributed by atoms with Crippen LogP contribution >= 0.6 is 0 Å². The number of fused-ring (bicyclic) bond motifs is 1. The van der Waals surface area contributed by atoms with Crippen molar-refractivity contribution in [1.82, 2.24) is 0 Å². The normalized spacial score (nSPS) is 22.0. The van der Waals surface area contributed by atoms with Crippen molar-refractivity contribution in [2.24, 2.45) is 5.92 Å². The van der Waals surface area contributed by atoms with Crippen LogP contribution in [0.4, 0.5) is 0 Å². The Bertz CT molecular complexity index is 603. The molecule has 0 amide bonds. The van der Waals surface area contributed by atoms with Crippen molar-refractivity contribution in [3.63, 3.8) is 0 Å². The smallest absolute Gasteiger partial charge is 0.304 e. The molecular formula is C12H12O5S. The quantitative estimate of drug-likeness (QED) is 0.868. The van der Waals surface area contributed by atoms with Gasteiger partial charge in [0.15, 0.2) is 15.6 Å². The van der Waals surface area contributed by atoms with Gasteiger partial charge >= 0.3 is 5.97 Å². The van der Waals surface area contributed by atoms with E-state index in [-0.39, 0.29) is 29.1 Å². The molecule has 0 spiro atoms. The predicted molar refractivity (Wildman–Crippen MR) is 63.2 cm³/mol. The number of hydrogen-bond acceptors (Lipinski definition) is 4. The Hall–Kier alpha value is -1.69. The third-order valence-electron chi connectivity index (χ3n) is 3.01. The van der Waals surface area contributed by atoms with Crippen LogP contribution in [0.25, 0.3) is 0 Å². The molecule has 1 N–H and O–H groups in total. The number of rotatable bonds is 2. The van der Waals surface area contributed by atoms with E-state index >= 15 is 0 Å². The van der Waals surface area contributed by atoms with Gasteiger partial charge in [0, 0.05) is 11.5 Å². The van der Waals surface area contributed by atoms with Gasteiger partial charge in [0.2, 0.25) is 0 Å². The van der Waals surface area contributed by atoms with E-state index in [4.69, 9.17) is 5.11 Å². The SMILES string of the molecule is O=C(O)CC1CCS(=O)(=O)c2ccccc2C1=O. The maximum atomic E-state index is 12.1. The van der Waals surface area contributed by atoms with Crippen molar-refractivity contribution in [2.75, 3.05) is 5.75 Å². The van der Waals surface area contributed by atoms with Crippen molar-refractivity contribution in [1.29, 1.82) is 0 Å². The van der Waals surface area contributed by atoms with Gasteiger partial charge in [-0.15, -0.1) is 0 Å². The second-order valence-electron chi connectivity index (χ2n) is 4.26. The Morgan fingerprint density at radius 1 is 1.33 bits per heavy atom. The summed E-state index contributed by atoms with van der Waals surface area (Å²) in [6, 6.07) is 5.97. The molecule has 0 saturated carbocycles. The molecule has 0 aromatic heterocycles. The molecule has 1 aliphatic rings. The zero-order valence-electron chi connectivity index (χ0n) is 9.50. The fourth-order valence-electron chi connectivity index (χ4n) is 2.11. The van der Waals surface area contributed by atoms with Crippen molar-refractivity contribution < 1.29 is 23.1 Å². The van der Waals surface area contributed by atoms with Gasteiger partial charge in [0.25, 0.3) is 0 Å². The summed E-state index contributed by atoms with van der Waals surface area (Å²) in [6.45, 7) is 0. The third-order valence-corrected chi connectivity index (χ3v) is 4.81. The molecule has 1 aliphatic heterocycles. The molecule has 0 radical (unpaired) electrons. The average molecular weight is 268 g/mol. The van der Waals surface area contributed by atoms with Gasteiger partial charge in [-0.25, -0.2) is 8.42 Å². The first-order valence-electron chi connectivity index (χ1n) is 5.49. The number of aliphatic carboxylic acids is 1. The van der Waals surface area contributed by atoms with Crippen molar-refractivity contribution in [3.8, 4) is 0 Å². The number of ketones is 1. The second kappa shape index (κ2) is 4.53. The monoisotopic (exact) mass is 268 g/mol. The van der Waals surface area contributed by atoms with Crippen LogP contribution in [0.2, 0.25) is 0 Å². The van der Waals surface area contributed by atoms with Crippen LogP contribution in [0.5, 0.6) is 0 Å². The number of Topliss-reactive ketones (excluding diaryl/α,β-unsaturated/α-hetero) is 1. The molecule has 6 heteroatoms. The van der Waals surface area contributed by atoms with Gasteiger partial charge in [-0.1, -0.05) is 18.2 Å². The molecule has 1 heterocycles. The molecule has 0 aliphatic carbocycles. The van der Waals surface area contributed by atoms with Crippen LogP contribution in [0.15, 0.2) is 29.2 Å². The standard InChI is InChI=1S/C12H12O5S/c13-11(14)7-8-5-6-18(16,17)10-4-2-1-3-9(10)12(8)15/h1-4,8H,5-7H2,(H,13,14). The minimum Gasteiger partial charge on any atom is -0.481 e. The highest BCUT2D eigenvalue weighted by Gasteiger charge is 2.33. The summed E-state index contributed by atoms with van der Waals surface area (Å²) in [5, 5.41) is 8.75. The lowest BCUT2D eigenvalue weighted by Crippen LogP contribution is -2.18. The lowest BCUT2D eigenvalue weighted by atomic mass is 9.92. The topological polar surface area (TPSA) is 88.5 Å². The highest BCUT2D eigenvalue weighted by atomic mass is 32.2. The Morgan fingerprint density at radius 3 is 2.67 bits per heavy atom. The van der Waals surface area contributed by atoms with E-state index in [9.17, 15) is 18.0 Å². The van der Waals surface area contributed by atoms with Crippen LogP contribution in [-0.4, -0.2) is 31.0 Å². The van der Waals surface area contributed by atoms with Crippen LogP contribution < -0.4 is 0 Å². The zero-order valence-corrected chi connectivity index (χ0v) is 10.3. The predicted octanol–water partition coefficient (Wildman–Crippen LogP) is 1.14. The lowest BCUT2D eigenvalue weighted by molar-refractivity contribution is -0.137. The molecule has 96 valence electrons. The summed E-state index contributed by atoms with van der Waals surface area (Å²) in [5.74, 6) is -2.44. The second-order valence-corrected chi connectivity index (χ2v) is 6.34. The number of carboxylic acid groups (broad SMARTS) is 1. The molecule has 1 atom stereocenters. The fraction of sp³-hybridized carbons (Fsp3) is 0.333. The summed E-state index contributed by atoms with van der Waals surface area (Å²) in [7, 11) is -3.49. The van der Waals surface area contributed by atoms with Gasteiger partial charge in [0.1, 0.15) is 0 Å². The largest absolute Gasteiger partial charge is 0.481 e. The van der Waals surface area contributed by atoms with Gasteiger partial charge in [0.05, 0.1) is 17.1 Å². The Labute approximate surface area is 104 Å². The van der Waals surface area contributed by atoms with Crippen LogP contribution in [0, 0.1) is 5.92 Å². The van der Waals surface area contributed by atoms with E-state index in [0.717, 1.165) is 0 Å². The van der Waals surface area contributed by atoms with Gasteiger partial charge in [-0.3, -0.25) is 9.59 Å². The highest BCUT2D eigenvalue weighted by Crippen LogP contribution is 2.28. The van der Waals surface area contributed by atoms with E-state index < -0.39 is 27.5 Å². The van der Waals surface area contributed by atoms with Gasteiger partial charge < -0.3 is 5.11 Å². The summed E-state index contributed by atoms with van der Waals surface area (Å²) in [4.78, 5) is 22.8. The van der Waals surface area contributed by atoms with Crippen molar-refractivity contribution in [2.45, 2.75) is 17.7 Å². The third kappa shape index (κ3) is 2.28.